The molecule has 0 aromatic heterocycles. The second kappa shape index (κ2) is 9.11. The Morgan fingerprint density at radius 1 is 0.815 bits per heavy atom. The first kappa shape index (κ1) is 19.5. The Hall–Kier alpha value is -2.24. The second-order valence-corrected chi connectivity index (χ2v) is 7.11. The predicted octanol–water partition coefficient (Wildman–Crippen LogP) is 3.23. The number of phenolic OH excluding ortho intramolecular Hbond substituents is 2. The van der Waals surface area contributed by atoms with Gasteiger partial charge in [-0.05, 0) is 48.5 Å². The number of rotatable bonds is 7. The smallest absolute Gasteiger partial charge is 0.158 e. The minimum atomic E-state index is -0.0887. The van der Waals surface area contributed by atoms with Gasteiger partial charge in [0.1, 0.15) is 0 Å². The minimum absolute atomic E-state index is 0.0857. The average molecular weight is 370 g/mol. The number of nitrogens with zero attached hydrogens (tertiary/aromatic N) is 3. The Labute approximate surface area is 162 Å². The molecule has 0 aliphatic carbocycles. The van der Waals surface area contributed by atoms with Crippen LogP contribution in [0.15, 0.2) is 42.5 Å². The molecule has 0 spiro atoms. The molecule has 27 heavy (non-hydrogen) atoms. The van der Waals surface area contributed by atoms with Crippen molar-refractivity contribution in [3.63, 3.8) is 0 Å². The molecule has 146 valence electrons. The topological polar surface area (TPSA) is 50.2 Å². The number of anilines is 1. The third-order valence-corrected chi connectivity index (χ3v) is 5.54. The Morgan fingerprint density at radius 3 is 2.04 bits per heavy atom. The van der Waals surface area contributed by atoms with E-state index in [2.05, 4.69) is 52.8 Å². The number of hydrogen-bond donors (Lipinski definition) is 2. The first-order valence-electron chi connectivity index (χ1n) is 9.92. The first-order chi connectivity index (χ1) is 13.1. The van der Waals surface area contributed by atoms with Crippen LogP contribution < -0.4 is 4.90 Å². The summed E-state index contributed by atoms with van der Waals surface area (Å²) in [6.07, 6.45) is 0. The summed E-state index contributed by atoms with van der Waals surface area (Å²) in [6, 6.07) is 13.4. The van der Waals surface area contributed by atoms with Crippen molar-refractivity contribution >= 4 is 5.69 Å². The van der Waals surface area contributed by atoms with Gasteiger partial charge in [-0.15, -0.1) is 0 Å². The fourth-order valence-corrected chi connectivity index (χ4v) is 3.62. The fourth-order valence-electron chi connectivity index (χ4n) is 3.62. The van der Waals surface area contributed by atoms with Crippen LogP contribution in [0.25, 0.3) is 11.1 Å². The summed E-state index contributed by atoms with van der Waals surface area (Å²) >= 11 is 0. The lowest BCUT2D eigenvalue weighted by Crippen LogP contribution is -2.48. The number of aromatic hydroxyl groups is 2. The molecule has 3 rings (SSSR count). The lowest BCUT2D eigenvalue weighted by molar-refractivity contribution is 0.206. The summed E-state index contributed by atoms with van der Waals surface area (Å²) < 4.78 is 0. The van der Waals surface area contributed by atoms with Crippen LogP contribution in [0.5, 0.6) is 11.5 Å². The highest BCUT2D eigenvalue weighted by Gasteiger charge is 2.17. The standard InChI is InChI=1S/C22H31N3O2/c1-3-23(4-2)11-12-24-13-15-25(16-14-24)20-8-5-18(6-9-20)19-7-10-21(26)22(27)17-19/h5-10,17,26-27H,3-4,11-16H2,1-2H3. The lowest BCUT2D eigenvalue weighted by Gasteiger charge is -2.37. The predicted molar refractivity (Wildman–Crippen MR) is 112 cm³/mol. The molecule has 1 heterocycles. The van der Waals surface area contributed by atoms with Gasteiger partial charge in [-0.25, -0.2) is 0 Å². The molecule has 1 fully saturated rings. The summed E-state index contributed by atoms with van der Waals surface area (Å²) in [6.45, 7) is 13.3. The van der Waals surface area contributed by atoms with Crippen molar-refractivity contribution in [2.24, 2.45) is 0 Å². The molecule has 2 aromatic rings. The van der Waals surface area contributed by atoms with E-state index in [4.69, 9.17) is 0 Å². The van der Waals surface area contributed by atoms with Gasteiger partial charge in [-0.1, -0.05) is 32.0 Å². The van der Waals surface area contributed by atoms with Crippen molar-refractivity contribution in [3.8, 4) is 22.6 Å². The van der Waals surface area contributed by atoms with Gasteiger partial charge in [-0.2, -0.15) is 0 Å². The van der Waals surface area contributed by atoms with Crippen LogP contribution in [0.4, 0.5) is 5.69 Å². The summed E-state index contributed by atoms with van der Waals surface area (Å²) in [5, 5.41) is 19.1. The van der Waals surface area contributed by atoms with E-state index in [1.807, 2.05) is 6.07 Å². The summed E-state index contributed by atoms with van der Waals surface area (Å²) in [5.74, 6) is -0.174. The molecule has 0 unspecified atom stereocenters. The van der Waals surface area contributed by atoms with Crippen molar-refractivity contribution in [1.29, 1.82) is 0 Å². The molecule has 5 nitrogen and oxygen atoms in total. The normalized spacial score (nSPS) is 15.4. The van der Waals surface area contributed by atoms with Crippen LogP contribution in [-0.2, 0) is 0 Å². The van der Waals surface area contributed by atoms with Gasteiger partial charge < -0.3 is 20.0 Å². The SMILES string of the molecule is CCN(CC)CCN1CCN(c2ccc(-c3ccc(O)c(O)c3)cc2)CC1. The van der Waals surface area contributed by atoms with Crippen LogP contribution in [0.3, 0.4) is 0 Å². The van der Waals surface area contributed by atoms with Crippen molar-refractivity contribution in [1.82, 2.24) is 9.80 Å². The highest BCUT2D eigenvalue weighted by atomic mass is 16.3. The van der Waals surface area contributed by atoms with Gasteiger partial charge in [0.15, 0.2) is 11.5 Å². The van der Waals surface area contributed by atoms with Gasteiger partial charge in [0, 0.05) is 45.0 Å². The van der Waals surface area contributed by atoms with E-state index in [9.17, 15) is 10.2 Å². The van der Waals surface area contributed by atoms with E-state index >= 15 is 0 Å². The van der Waals surface area contributed by atoms with Crippen LogP contribution in [0.1, 0.15) is 13.8 Å². The average Bonchev–Trinajstić information content (AvgIpc) is 2.71. The summed E-state index contributed by atoms with van der Waals surface area (Å²) in [7, 11) is 0. The Morgan fingerprint density at radius 2 is 1.44 bits per heavy atom. The number of benzene rings is 2. The van der Waals surface area contributed by atoms with E-state index < -0.39 is 0 Å². The quantitative estimate of drug-likeness (QED) is 0.734. The Balaban J connectivity index is 1.55. The van der Waals surface area contributed by atoms with E-state index in [1.165, 1.54) is 11.8 Å². The largest absolute Gasteiger partial charge is 0.504 e. The van der Waals surface area contributed by atoms with E-state index in [-0.39, 0.29) is 11.5 Å². The minimum Gasteiger partial charge on any atom is -0.504 e. The van der Waals surface area contributed by atoms with Crippen LogP contribution >= 0.6 is 0 Å². The molecule has 1 aliphatic rings. The highest BCUT2D eigenvalue weighted by Crippen LogP contribution is 2.31. The second-order valence-electron chi connectivity index (χ2n) is 7.11. The molecule has 2 aromatic carbocycles. The van der Waals surface area contributed by atoms with Crippen molar-refractivity contribution in [2.75, 3.05) is 57.3 Å². The number of phenols is 2. The maximum atomic E-state index is 9.69. The zero-order valence-corrected chi connectivity index (χ0v) is 16.4. The van der Waals surface area contributed by atoms with Crippen LogP contribution in [0, 0.1) is 0 Å². The maximum absolute atomic E-state index is 9.69. The van der Waals surface area contributed by atoms with Crippen molar-refractivity contribution in [3.05, 3.63) is 42.5 Å². The monoisotopic (exact) mass is 369 g/mol. The van der Waals surface area contributed by atoms with Gasteiger partial charge in [0.05, 0.1) is 0 Å². The molecule has 1 saturated heterocycles. The van der Waals surface area contributed by atoms with E-state index in [0.29, 0.717) is 0 Å². The number of piperazine rings is 1. The van der Waals surface area contributed by atoms with Crippen molar-refractivity contribution < 1.29 is 10.2 Å². The molecule has 2 N–H and O–H groups in total. The van der Waals surface area contributed by atoms with E-state index in [1.54, 1.807) is 6.07 Å². The molecule has 0 bridgehead atoms. The zero-order valence-electron chi connectivity index (χ0n) is 16.4. The fraction of sp³-hybridized carbons (Fsp3) is 0.455. The molecule has 0 amide bonds. The maximum Gasteiger partial charge on any atom is 0.158 e. The number of hydrogen-bond acceptors (Lipinski definition) is 5. The molecule has 1 aliphatic heterocycles. The summed E-state index contributed by atoms with van der Waals surface area (Å²) in [5.41, 5.74) is 3.18. The van der Waals surface area contributed by atoms with Crippen molar-refractivity contribution in [2.45, 2.75) is 13.8 Å². The third-order valence-electron chi connectivity index (χ3n) is 5.54. The zero-order chi connectivity index (χ0) is 19.2. The lowest BCUT2D eigenvalue weighted by atomic mass is 10.0. The Bertz CT molecular complexity index is 721. The van der Waals surface area contributed by atoms with E-state index in [0.717, 1.165) is 63.5 Å². The molecule has 0 saturated carbocycles. The molecular formula is C22H31N3O2. The van der Waals surface area contributed by atoms with Gasteiger partial charge in [0.25, 0.3) is 0 Å². The van der Waals surface area contributed by atoms with Gasteiger partial charge >= 0.3 is 0 Å². The summed E-state index contributed by atoms with van der Waals surface area (Å²) in [4.78, 5) is 7.47. The van der Waals surface area contributed by atoms with Gasteiger partial charge in [0.2, 0.25) is 0 Å². The van der Waals surface area contributed by atoms with Crippen LogP contribution in [0.2, 0.25) is 0 Å². The number of likely N-dealkylation sites (N-methyl/N-ethyl adjacent to an activating group) is 1. The Kier molecular flexibility index (Phi) is 6.58. The first-order valence-corrected chi connectivity index (χ1v) is 9.92. The molecule has 0 atom stereocenters. The molecule has 0 radical (unpaired) electrons. The van der Waals surface area contributed by atoms with Crippen LogP contribution in [-0.4, -0.2) is 72.4 Å². The van der Waals surface area contributed by atoms with Gasteiger partial charge in [-0.3, -0.25) is 4.90 Å². The highest BCUT2D eigenvalue weighted by molar-refractivity contribution is 5.69. The molecule has 5 heteroatoms. The third kappa shape index (κ3) is 4.93. The molecular weight excluding hydrogens is 338 g/mol.